The van der Waals surface area contributed by atoms with Gasteiger partial charge in [-0.15, -0.1) is 0 Å². The summed E-state index contributed by atoms with van der Waals surface area (Å²) in [5, 5.41) is 0. The molecule has 2 aromatic heterocycles. The first kappa shape index (κ1) is 12.1. The van der Waals surface area contributed by atoms with Crippen LogP contribution in [0, 0.1) is 0 Å². The normalized spacial score (nSPS) is 11.6. The lowest BCUT2D eigenvalue weighted by Gasteiger charge is -2.06. The number of imidazole rings is 1. The van der Waals surface area contributed by atoms with Crippen LogP contribution in [0.3, 0.4) is 0 Å². The number of nitrogens with zero attached hydrogens (tertiary/aromatic N) is 3. The van der Waals surface area contributed by atoms with Crippen LogP contribution in [-0.2, 0) is 6.18 Å². The highest BCUT2D eigenvalue weighted by Crippen LogP contribution is 2.33. The predicted octanol–water partition coefficient (Wildman–Crippen LogP) is 1.48. The summed E-state index contributed by atoms with van der Waals surface area (Å²) in [6.07, 6.45) is -2.70. The molecule has 0 aromatic carbocycles. The zero-order chi connectivity index (χ0) is 13.3. The molecule has 0 fully saturated rings. The molecule has 0 aliphatic rings. The number of methoxy groups -OCH3 is 1. The van der Waals surface area contributed by atoms with Crippen molar-refractivity contribution in [3.05, 3.63) is 18.2 Å². The van der Waals surface area contributed by atoms with Gasteiger partial charge in [0.15, 0.2) is 0 Å². The Morgan fingerprint density at radius 2 is 2.00 bits per heavy atom. The molecule has 0 saturated carbocycles. The molecule has 0 amide bonds. The van der Waals surface area contributed by atoms with Gasteiger partial charge in [0.2, 0.25) is 5.88 Å². The Bertz CT molecular complexity index is 566. The quantitative estimate of drug-likeness (QED) is 0.852. The molecule has 0 saturated heterocycles. The van der Waals surface area contributed by atoms with Gasteiger partial charge in [-0.05, 0) is 0 Å². The number of halogens is 3. The Morgan fingerprint density at radius 1 is 1.28 bits per heavy atom. The fraction of sp³-hybridized carbons (Fsp3) is 0.222. The summed E-state index contributed by atoms with van der Waals surface area (Å²) in [5.41, 5.74) is 4.68. The van der Waals surface area contributed by atoms with Crippen molar-refractivity contribution in [1.29, 1.82) is 0 Å². The van der Waals surface area contributed by atoms with Gasteiger partial charge in [0.1, 0.15) is 29.2 Å². The van der Waals surface area contributed by atoms with E-state index in [4.69, 9.17) is 10.5 Å². The maximum atomic E-state index is 12.4. The average molecular weight is 259 g/mol. The second kappa shape index (κ2) is 4.17. The van der Waals surface area contributed by atoms with E-state index >= 15 is 0 Å². The average Bonchev–Trinajstić information content (AvgIpc) is 2.77. The first-order valence-electron chi connectivity index (χ1n) is 4.70. The minimum absolute atomic E-state index is 0.0232. The highest BCUT2D eigenvalue weighted by Gasteiger charge is 2.33. The molecular formula is C9H8F3N5O. The van der Waals surface area contributed by atoms with Crippen LogP contribution in [0.25, 0.3) is 11.4 Å². The zero-order valence-corrected chi connectivity index (χ0v) is 9.12. The van der Waals surface area contributed by atoms with Crippen LogP contribution in [0.1, 0.15) is 5.69 Å². The van der Waals surface area contributed by atoms with Crippen molar-refractivity contribution >= 4 is 5.82 Å². The Labute approximate surface area is 99.0 Å². The number of nitrogens with one attached hydrogen (secondary N) is 1. The maximum absolute atomic E-state index is 12.4. The molecule has 2 heterocycles. The topological polar surface area (TPSA) is 89.7 Å². The highest BCUT2D eigenvalue weighted by molar-refractivity contribution is 5.73. The number of H-pyrrole nitrogens is 1. The minimum atomic E-state index is -4.51. The Morgan fingerprint density at radius 3 is 2.56 bits per heavy atom. The summed E-state index contributed by atoms with van der Waals surface area (Å²) in [5.74, 6) is -0.0761. The number of aromatic nitrogens is 4. The second-order valence-corrected chi connectivity index (χ2v) is 3.29. The van der Waals surface area contributed by atoms with E-state index in [1.807, 2.05) is 0 Å². The number of anilines is 1. The van der Waals surface area contributed by atoms with Gasteiger partial charge in [-0.1, -0.05) is 0 Å². The van der Waals surface area contributed by atoms with E-state index < -0.39 is 11.9 Å². The molecule has 2 rings (SSSR count). The molecule has 0 aliphatic carbocycles. The number of alkyl halides is 3. The van der Waals surface area contributed by atoms with Gasteiger partial charge in [0.25, 0.3) is 0 Å². The lowest BCUT2D eigenvalue weighted by molar-refractivity contribution is -0.140. The smallest absolute Gasteiger partial charge is 0.432 e. The standard InChI is InChI=1S/C9H8F3N5O/c1-18-8-5(6(13)15-3-16-8)7-14-2-4(17-7)9(10,11)12/h2-3H,1H3,(H,14,17)(H2,13,15,16). The molecule has 0 atom stereocenters. The molecule has 0 bridgehead atoms. The van der Waals surface area contributed by atoms with E-state index in [9.17, 15) is 13.2 Å². The Kier molecular flexibility index (Phi) is 2.81. The number of hydrogen-bond donors (Lipinski definition) is 2. The SMILES string of the molecule is COc1ncnc(N)c1-c1ncc(C(F)(F)F)[nH]1. The first-order chi connectivity index (χ1) is 8.43. The van der Waals surface area contributed by atoms with E-state index in [0.29, 0.717) is 6.20 Å². The van der Waals surface area contributed by atoms with Gasteiger partial charge < -0.3 is 15.5 Å². The predicted molar refractivity (Wildman–Crippen MR) is 55.6 cm³/mol. The van der Waals surface area contributed by atoms with Crippen molar-refractivity contribution in [3.8, 4) is 17.3 Å². The molecule has 0 unspecified atom stereocenters. The number of aromatic amines is 1. The molecule has 3 N–H and O–H groups in total. The van der Waals surface area contributed by atoms with Crippen molar-refractivity contribution in [3.63, 3.8) is 0 Å². The fourth-order valence-corrected chi connectivity index (χ4v) is 1.35. The fourth-order valence-electron chi connectivity index (χ4n) is 1.35. The van der Waals surface area contributed by atoms with Crippen LogP contribution in [0.15, 0.2) is 12.5 Å². The van der Waals surface area contributed by atoms with Crippen LogP contribution in [0.4, 0.5) is 19.0 Å². The van der Waals surface area contributed by atoms with Crippen LogP contribution >= 0.6 is 0 Å². The second-order valence-electron chi connectivity index (χ2n) is 3.29. The molecule has 2 aromatic rings. The van der Waals surface area contributed by atoms with E-state index in [0.717, 1.165) is 6.33 Å². The third kappa shape index (κ3) is 2.06. The zero-order valence-electron chi connectivity index (χ0n) is 9.12. The Hall–Kier alpha value is -2.32. The van der Waals surface area contributed by atoms with Gasteiger partial charge in [-0.2, -0.15) is 13.2 Å². The summed E-state index contributed by atoms with van der Waals surface area (Å²) in [7, 11) is 1.32. The van der Waals surface area contributed by atoms with E-state index in [1.54, 1.807) is 0 Å². The molecular weight excluding hydrogens is 251 g/mol. The van der Waals surface area contributed by atoms with Crippen molar-refractivity contribution in [2.24, 2.45) is 0 Å². The molecule has 0 radical (unpaired) electrons. The summed E-state index contributed by atoms with van der Waals surface area (Å²) >= 11 is 0. The van der Waals surface area contributed by atoms with Crippen molar-refractivity contribution in [1.82, 2.24) is 19.9 Å². The largest absolute Gasteiger partial charge is 0.480 e. The lowest BCUT2D eigenvalue weighted by Crippen LogP contribution is -2.05. The first-order valence-corrected chi connectivity index (χ1v) is 4.70. The molecule has 6 nitrogen and oxygen atoms in total. The van der Waals surface area contributed by atoms with Gasteiger partial charge in [0.05, 0.1) is 13.3 Å². The monoisotopic (exact) mass is 259 g/mol. The van der Waals surface area contributed by atoms with Crippen LogP contribution in [-0.4, -0.2) is 27.0 Å². The van der Waals surface area contributed by atoms with Gasteiger partial charge in [-0.3, -0.25) is 0 Å². The van der Waals surface area contributed by atoms with Crippen LogP contribution < -0.4 is 10.5 Å². The lowest BCUT2D eigenvalue weighted by atomic mass is 10.3. The maximum Gasteiger partial charge on any atom is 0.432 e. The van der Waals surface area contributed by atoms with E-state index in [2.05, 4.69) is 19.9 Å². The summed E-state index contributed by atoms with van der Waals surface area (Å²) in [6, 6.07) is 0. The number of rotatable bonds is 2. The summed E-state index contributed by atoms with van der Waals surface area (Å²) < 4.78 is 42.2. The van der Waals surface area contributed by atoms with Crippen molar-refractivity contribution < 1.29 is 17.9 Å². The summed E-state index contributed by atoms with van der Waals surface area (Å²) in [6.45, 7) is 0. The number of hydrogen-bond acceptors (Lipinski definition) is 5. The Balaban J connectivity index is 2.53. The number of ether oxygens (including phenoxy) is 1. The summed E-state index contributed by atoms with van der Waals surface area (Å²) in [4.78, 5) is 13.1. The third-order valence-corrected chi connectivity index (χ3v) is 2.15. The van der Waals surface area contributed by atoms with Gasteiger partial charge in [-0.25, -0.2) is 15.0 Å². The molecule has 18 heavy (non-hydrogen) atoms. The molecule has 0 aliphatic heterocycles. The molecule has 96 valence electrons. The van der Waals surface area contributed by atoms with Gasteiger partial charge in [0, 0.05) is 0 Å². The molecule has 0 spiro atoms. The minimum Gasteiger partial charge on any atom is -0.480 e. The third-order valence-electron chi connectivity index (χ3n) is 2.15. The van der Waals surface area contributed by atoms with E-state index in [1.165, 1.54) is 7.11 Å². The van der Waals surface area contributed by atoms with E-state index in [-0.39, 0.29) is 23.1 Å². The number of nitrogen functional groups attached to an aromatic ring is 1. The van der Waals surface area contributed by atoms with Gasteiger partial charge >= 0.3 is 6.18 Å². The van der Waals surface area contributed by atoms with Crippen LogP contribution in [0.5, 0.6) is 5.88 Å². The molecule has 9 heteroatoms. The van der Waals surface area contributed by atoms with Crippen molar-refractivity contribution in [2.45, 2.75) is 6.18 Å². The number of nitrogens with two attached hydrogens (primary N) is 1. The highest BCUT2D eigenvalue weighted by atomic mass is 19.4. The van der Waals surface area contributed by atoms with Crippen LogP contribution in [0.2, 0.25) is 0 Å². The van der Waals surface area contributed by atoms with Crippen molar-refractivity contribution in [2.75, 3.05) is 12.8 Å².